The molecule has 0 saturated heterocycles. The van der Waals surface area contributed by atoms with E-state index in [9.17, 15) is 9.59 Å². The molecular formula is C13H14Cl2N2O3. The van der Waals surface area contributed by atoms with Gasteiger partial charge in [0.1, 0.15) is 6.04 Å². The highest BCUT2D eigenvalue weighted by Gasteiger charge is 2.34. The Morgan fingerprint density at radius 1 is 1.45 bits per heavy atom. The molecule has 0 radical (unpaired) electrons. The Morgan fingerprint density at radius 2 is 2.10 bits per heavy atom. The van der Waals surface area contributed by atoms with Gasteiger partial charge in [-0.3, -0.25) is 9.69 Å². The van der Waals surface area contributed by atoms with Crippen LogP contribution in [-0.4, -0.2) is 31.6 Å². The highest BCUT2D eigenvalue weighted by Crippen LogP contribution is 2.38. The Bertz CT molecular complexity index is 563. The standard InChI is InChI=1S/C13H14Cl2N2O3/c1-3-10(13(19)20-2)17-11-5-8(15)7(14)4-9(11)16-6-12(17)18/h4-5,10,16H,3,6H2,1-2H3. The first-order valence-electron chi connectivity index (χ1n) is 6.12. The highest BCUT2D eigenvalue weighted by molar-refractivity contribution is 6.42. The summed E-state index contributed by atoms with van der Waals surface area (Å²) in [7, 11) is 1.30. The highest BCUT2D eigenvalue weighted by atomic mass is 35.5. The van der Waals surface area contributed by atoms with Crippen LogP contribution in [0, 0.1) is 0 Å². The molecule has 1 heterocycles. The molecule has 1 atom stereocenters. The van der Waals surface area contributed by atoms with Crippen molar-refractivity contribution in [3.63, 3.8) is 0 Å². The average Bonchev–Trinajstić information content (AvgIpc) is 2.43. The smallest absolute Gasteiger partial charge is 0.328 e. The summed E-state index contributed by atoms with van der Waals surface area (Å²) in [5.74, 6) is -0.673. The van der Waals surface area contributed by atoms with Crippen LogP contribution in [0.3, 0.4) is 0 Å². The Hall–Kier alpha value is -1.46. The molecule has 5 nitrogen and oxygen atoms in total. The van der Waals surface area contributed by atoms with E-state index in [0.29, 0.717) is 27.8 Å². The molecule has 0 fully saturated rings. The maximum Gasteiger partial charge on any atom is 0.328 e. The van der Waals surface area contributed by atoms with E-state index >= 15 is 0 Å². The van der Waals surface area contributed by atoms with Gasteiger partial charge < -0.3 is 10.1 Å². The van der Waals surface area contributed by atoms with Crippen LogP contribution in [0.4, 0.5) is 11.4 Å². The van der Waals surface area contributed by atoms with Gasteiger partial charge in [-0.05, 0) is 18.6 Å². The monoisotopic (exact) mass is 316 g/mol. The van der Waals surface area contributed by atoms with Crippen molar-refractivity contribution in [3.05, 3.63) is 22.2 Å². The van der Waals surface area contributed by atoms with E-state index in [1.165, 1.54) is 12.0 Å². The maximum absolute atomic E-state index is 12.2. The number of nitrogens with zero attached hydrogens (tertiary/aromatic N) is 1. The number of esters is 1. The van der Waals surface area contributed by atoms with E-state index in [1.54, 1.807) is 12.1 Å². The number of hydrogen-bond acceptors (Lipinski definition) is 4. The zero-order valence-corrected chi connectivity index (χ0v) is 12.6. The van der Waals surface area contributed by atoms with Gasteiger partial charge in [0.15, 0.2) is 0 Å². The van der Waals surface area contributed by atoms with Crippen LogP contribution < -0.4 is 10.2 Å². The minimum atomic E-state index is -0.675. The zero-order valence-electron chi connectivity index (χ0n) is 11.1. The zero-order chi connectivity index (χ0) is 14.9. The van der Waals surface area contributed by atoms with Crippen molar-refractivity contribution >= 4 is 46.5 Å². The number of amides is 1. The lowest BCUT2D eigenvalue weighted by molar-refractivity contribution is -0.143. The normalized spacial score (nSPS) is 15.4. The van der Waals surface area contributed by atoms with E-state index in [2.05, 4.69) is 5.32 Å². The van der Waals surface area contributed by atoms with Crippen molar-refractivity contribution in [1.82, 2.24) is 0 Å². The molecule has 1 amide bonds. The summed E-state index contributed by atoms with van der Waals surface area (Å²) >= 11 is 12.0. The second kappa shape index (κ2) is 5.89. The summed E-state index contributed by atoms with van der Waals surface area (Å²) in [6, 6.07) is 2.54. The van der Waals surface area contributed by atoms with Gasteiger partial charge >= 0.3 is 5.97 Å². The van der Waals surface area contributed by atoms with Crippen molar-refractivity contribution in [3.8, 4) is 0 Å². The van der Waals surface area contributed by atoms with Gasteiger partial charge in [0.2, 0.25) is 5.91 Å². The lowest BCUT2D eigenvalue weighted by Gasteiger charge is -2.34. The number of rotatable bonds is 3. The average molecular weight is 317 g/mol. The summed E-state index contributed by atoms with van der Waals surface area (Å²) in [6.07, 6.45) is 0.443. The molecule has 1 aromatic rings. The maximum atomic E-state index is 12.2. The summed E-state index contributed by atoms with van der Waals surface area (Å²) in [5.41, 5.74) is 1.20. The van der Waals surface area contributed by atoms with Crippen LogP contribution in [0.15, 0.2) is 12.1 Å². The molecule has 7 heteroatoms. The number of anilines is 2. The van der Waals surface area contributed by atoms with Crippen LogP contribution >= 0.6 is 23.2 Å². The largest absolute Gasteiger partial charge is 0.467 e. The third kappa shape index (κ3) is 2.55. The number of hydrogen-bond donors (Lipinski definition) is 1. The van der Waals surface area contributed by atoms with Crippen molar-refractivity contribution < 1.29 is 14.3 Å². The lowest BCUT2D eigenvalue weighted by atomic mass is 10.1. The van der Waals surface area contributed by atoms with Gasteiger partial charge in [0.25, 0.3) is 0 Å². The third-order valence-corrected chi connectivity index (χ3v) is 3.89. The Labute approximate surface area is 126 Å². The van der Waals surface area contributed by atoms with Crippen LogP contribution in [0.5, 0.6) is 0 Å². The van der Waals surface area contributed by atoms with Crippen molar-refractivity contribution in [1.29, 1.82) is 0 Å². The predicted molar refractivity (Wildman–Crippen MR) is 78.5 cm³/mol. The van der Waals surface area contributed by atoms with Gasteiger partial charge in [0.05, 0.1) is 35.1 Å². The lowest BCUT2D eigenvalue weighted by Crippen LogP contribution is -2.50. The van der Waals surface area contributed by atoms with E-state index in [0.717, 1.165) is 0 Å². The van der Waals surface area contributed by atoms with Crippen LogP contribution in [0.2, 0.25) is 10.0 Å². The van der Waals surface area contributed by atoms with E-state index in [1.807, 2.05) is 6.92 Å². The molecule has 108 valence electrons. The first kappa shape index (κ1) is 14.9. The van der Waals surface area contributed by atoms with E-state index < -0.39 is 12.0 Å². The van der Waals surface area contributed by atoms with Crippen LogP contribution in [-0.2, 0) is 14.3 Å². The number of halogens is 2. The Kier molecular flexibility index (Phi) is 4.40. The summed E-state index contributed by atoms with van der Waals surface area (Å²) in [4.78, 5) is 25.4. The predicted octanol–water partition coefficient (Wildman–Crippen LogP) is 2.70. The number of nitrogens with one attached hydrogen (secondary N) is 1. The summed E-state index contributed by atoms with van der Waals surface area (Å²) < 4.78 is 4.76. The van der Waals surface area contributed by atoms with Gasteiger partial charge in [-0.15, -0.1) is 0 Å². The molecule has 1 unspecified atom stereocenters. The van der Waals surface area contributed by atoms with Crippen LogP contribution in [0.25, 0.3) is 0 Å². The molecule has 1 N–H and O–H groups in total. The molecule has 1 aliphatic heterocycles. The molecule has 20 heavy (non-hydrogen) atoms. The number of carbonyl (C=O) groups excluding carboxylic acids is 2. The Balaban J connectivity index is 2.51. The molecule has 0 saturated carbocycles. The second-order valence-corrected chi connectivity index (χ2v) is 5.16. The SMILES string of the molecule is CCC(C(=O)OC)N1C(=O)CNc2cc(Cl)c(Cl)cc21. The third-order valence-electron chi connectivity index (χ3n) is 3.17. The molecule has 0 aliphatic carbocycles. The summed E-state index contributed by atoms with van der Waals surface area (Å²) in [6.45, 7) is 1.91. The van der Waals surface area contributed by atoms with E-state index in [4.69, 9.17) is 27.9 Å². The van der Waals surface area contributed by atoms with Crippen molar-refractivity contribution in [2.24, 2.45) is 0 Å². The number of ether oxygens (including phenoxy) is 1. The van der Waals surface area contributed by atoms with Crippen molar-refractivity contribution in [2.45, 2.75) is 19.4 Å². The van der Waals surface area contributed by atoms with Gasteiger partial charge in [-0.1, -0.05) is 30.1 Å². The fraction of sp³-hybridized carbons (Fsp3) is 0.385. The van der Waals surface area contributed by atoms with Crippen molar-refractivity contribution in [2.75, 3.05) is 23.9 Å². The molecule has 1 aliphatic rings. The molecule has 1 aromatic carbocycles. The minimum absolute atomic E-state index is 0.0957. The summed E-state index contributed by atoms with van der Waals surface area (Å²) in [5, 5.41) is 3.67. The molecule has 0 spiro atoms. The van der Waals surface area contributed by atoms with E-state index in [-0.39, 0.29) is 12.5 Å². The topological polar surface area (TPSA) is 58.6 Å². The molecular weight excluding hydrogens is 303 g/mol. The number of methoxy groups -OCH3 is 1. The molecule has 0 aromatic heterocycles. The van der Waals surface area contributed by atoms with Crippen LogP contribution in [0.1, 0.15) is 13.3 Å². The quantitative estimate of drug-likeness (QED) is 0.871. The fourth-order valence-corrected chi connectivity index (χ4v) is 2.52. The van der Waals surface area contributed by atoms with Gasteiger partial charge in [0, 0.05) is 0 Å². The Morgan fingerprint density at radius 3 is 2.70 bits per heavy atom. The fourth-order valence-electron chi connectivity index (χ4n) is 2.20. The first-order valence-corrected chi connectivity index (χ1v) is 6.88. The molecule has 2 rings (SSSR count). The minimum Gasteiger partial charge on any atom is -0.467 e. The number of carbonyl (C=O) groups is 2. The number of benzene rings is 1. The van der Waals surface area contributed by atoms with Gasteiger partial charge in [-0.25, -0.2) is 4.79 Å². The second-order valence-electron chi connectivity index (χ2n) is 4.35. The molecule has 0 bridgehead atoms. The number of fused-ring (bicyclic) bond motifs is 1. The first-order chi connectivity index (χ1) is 9.49. The van der Waals surface area contributed by atoms with Gasteiger partial charge in [-0.2, -0.15) is 0 Å².